The van der Waals surface area contributed by atoms with E-state index in [4.69, 9.17) is 5.73 Å². The first-order valence-electron chi connectivity index (χ1n) is 5.29. The molecule has 0 radical (unpaired) electrons. The van der Waals surface area contributed by atoms with E-state index in [1.165, 1.54) is 13.2 Å². The molecule has 0 aliphatic heterocycles. The lowest BCUT2D eigenvalue weighted by Gasteiger charge is -2.20. The van der Waals surface area contributed by atoms with Crippen LogP contribution in [0.25, 0.3) is 0 Å². The fourth-order valence-electron chi connectivity index (χ4n) is 1.67. The van der Waals surface area contributed by atoms with Gasteiger partial charge in [-0.1, -0.05) is 13.0 Å². The second-order valence-corrected chi connectivity index (χ2v) is 3.74. The van der Waals surface area contributed by atoms with Gasteiger partial charge in [-0.2, -0.15) is 0 Å². The van der Waals surface area contributed by atoms with E-state index in [0.717, 1.165) is 12.1 Å². The summed E-state index contributed by atoms with van der Waals surface area (Å²) in [5, 5.41) is 0. The van der Waals surface area contributed by atoms with Gasteiger partial charge in [0.05, 0.1) is 13.0 Å². The number of halogens is 2. The van der Waals surface area contributed by atoms with Gasteiger partial charge < -0.3 is 10.5 Å². The van der Waals surface area contributed by atoms with Crippen molar-refractivity contribution in [3.8, 4) is 0 Å². The lowest BCUT2D eigenvalue weighted by atomic mass is 9.91. The molecule has 0 heterocycles. The first-order valence-corrected chi connectivity index (χ1v) is 5.29. The van der Waals surface area contributed by atoms with Gasteiger partial charge in [-0.15, -0.1) is 0 Å². The molecule has 17 heavy (non-hydrogen) atoms. The van der Waals surface area contributed by atoms with Gasteiger partial charge in [-0.3, -0.25) is 4.79 Å². The molecule has 1 aromatic rings. The molecule has 2 unspecified atom stereocenters. The van der Waals surface area contributed by atoms with E-state index in [-0.39, 0.29) is 0 Å². The molecule has 0 aliphatic rings. The Morgan fingerprint density at radius 3 is 2.53 bits per heavy atom. The molecule has 94 valence electrons. The summed E-state index contributed by atoms with van der Waals surface area (Å²) in [7, 11) is 1.27. The smallest absolute Gasteiger partial charge is 0.310 e. The molecular weight excluding hydrogens is 228 g/mol. The third kappa shape index (κ3) is 3.00. The summed E-state index contributed by atoms with van der Waals surface area (Å²) in [6, 6.07) is 2.66. The summed E-state index contributed by atoms with van der Waals surface area (Å²) < 4.78 is 30.4. The second-order valence-electron chi connectivity index (χ2n) is 3.74. The number of ether oxygens (including phenoxy) is 1. The van der Waals surface area contributed by atoms with Crippen molar-refractivity contribution < 1.29 is 18.3 Å². The Kier molecular flexibility index (Phi) is 4.57. The van der Waals surface area contributed by atoms with Crippen LogP contribution in [0.2, 0.25) is 0 Å². The Morgan fingerprint density at radius 1 is 1.41 bits per heavy atom. The highest BCUT2D eigenvalue weighted by Crippen LogP contribution is 2.24. The molecule has 0 saturated carbocycles. The number of benzene rings is 1. The number of carbonyl (C=O) groups is 1. The van der Waals surface area contributed by atoms with Crippen LogP contribution in [0.5, 0.6) is 0 Å². The molecule has 1 aromatic carbocycles. The van der Waals surface area contributed by atoms with Gasteiger partial charge in [0.1, 0.15) is 0 Å². The Balaban J connectivity index is 2.97. The summed E-state index contributed by atoms with van der Waals surface area (Å²) in [5.41, 5.74) is 6.23. The van der Waals surface area contributed by atoms with Gasteiger partial charge in [0.15, 0.2) is 11.6 Å². The van der Waals surface area contributed by atoms with Crippen LogP contribution in [0.4, 0.5) is 8.78 Å². The van der Waals surface area contributed by atoms with E-state index in [1.807, 2.05) is 0 Å². The molecule has 5 heteroatoms. The highest BCUT2D eigenvalue weighted by Gasteiger charge is 2.26. The zero-order valence-corrected chi connectivity index (χ0v) is 9.74. The maximum absolute atomic E-state index is 13.0. The molecule has 1 rings (SSSR count). The standard InChI is InChI=1S/C12H15F2NO2/c1-3-8(12(16)17-2)11(15)7-4-5-9(13)10(14)6-7/h4-6,8,11H,3,15H2,1-2H3. The summed E-state index contributed by atoms with van der Waals surface area (Å²) >= 11 is 0. The van der Waals surface area contributed by atoms with Crippen molar-refractivity contribution >= 4 is 5.97 Å². The molecule has 0 amide bonds. The van der Waals surface area contributed by atoms with Crippen LogP contribution in [0, 0.1) is 17.6 Å². The van der Waals surface area contributed by atoms with E-state index in [9.17, 15) is 13.6 Å². The number of methoxy groups -OCH3 is 1. The van der Waals surface area contributed by atoms with E-state index < -0.39 is 29.6 Å². The summed E-state index contributed by atoms with van der Waals surface area (Å²) in [6.45, 7) is 1.78. The lowest BCUT2D eigenvalue weighted by molar-refractivity contribution is -0.146. The van der Waals surface area contributed by atoms with Crippen molar-refractivity contribution in [1.29, 1.82) is 0 Å². The molecule has 0 aliphatic carbocycles. The summed E-state index contributed by atoms with van der Waals surface area (Å²) in [6.07, 6.45) is 0.465. The quantitative estimate of drug-likeness (QED) is 0.824. The minimum Gasteiger partial charge on any atom is -0.469 e. The fourth-order valence-corrected chi connectivity index (χ4v) is 1.67. The summed E-state index contributed by atoms with van der Waals surface area (Å²) in [4.78, 5) is 11.4. The Labute approximate surface area is 98.6 Å². The van der Waals surface area contributed by atoms with Crippen molar-refractivity contribution in [2.24, 2.45) is 11.7 Å². The molecule has 0 fully saturated rings. The number of carbonyl (C=O) groups excluding carboxylic acids is 1. The first-order chi connectivity index (χ1) is 8.01. The molecule has 2 atom stereocenters. The topological polar surface area (TPSA) is 52.3 Å². The van der Waals surface area contributed by atoms with Crippen molar-refractivity contribution in [2.45, 2.75) is 19.4 Å². The van der Waals surface area contributed by atoms with Gasteiger partial charge in [-0.05, 0) is 24.1 Å². The Morgan fingerprint density at radius 2 is 2.06 bits per heavy atom. The van der Waals surface area contributed by atoms with Crippen LogP contribution in [-0.2, 0) is 9.53 Å². The SMILES string of the molecule is CCC(C(=O)OC)C(N)c1ccc(F)c(F)c1. The normalized spacial score (nSPS) is 14.2. The maximum atomic E-state index is 13.0. The molecule has 0 aromatic heterocycles. The molecule has 0 saturated heterocycles. The van der Waals surface area contributed by atoms with E-state index in [0.29, 0.717) is 12.0 Å². The fraction of sp³-hybridized carbons (Fsp3) is 0.417. The molecular formula is C12H15F2NO2. The highest BCUT2D eigenvalue weighted by atomic mass is 19.2. The zero-order chi connectivity index (χ0) is 13.0. The third-order valence-corrected chi connectivity index (χ3v) is 2.71. The number of esters is 1. The first kappa shape index (κ1) is 13.6. The third-order valence-electron chi connectivity index (χ3n) is 2.71. The van der Waals surface area contributed by atoms with Crippen LogP contribution in [-0.4, -0.2) is 13.1 Å². The second kappa shape index (κ2) is 5.72. The summed E-state index contributed by atoms with van der Waals surface area (Å²) in [5.74, 6) is -2.93. The Bertz CT molecular complexity index is 409. The van der Waals surface area contributed by atoms with Crippen molar-refractivity contribution in [3.05, 3.63) is 35.4 Å². The monoisotopic (exact) mass is 243 g/mol. The Hall–Kier alpha value is -1.49. The van der Waals surface area contributed by atoms with Gasteiger partial charge in [0.25, 0.3) is 0 Å². The number of nitrogens with two attached hydrogens (primary N) is 1. The van der Waals surface area contributed by atoms with Gasteiger partial charge in [-0.25, -0.2) is 8.78 Å². The van der Waals surface area contributed by atoms with Gasteiger partial charge in [0.2, 0.25) is 0 Å². The predicted octanol–water partition coefficient (Wildman–Crippen LogP) is 2.16. The number of hydrogen-bond acceptors (Lipinski definition) is 3. The molecule has 2 N–H and O–H groups in total. The van der Waals surface area contributed by atoms with Gasteiger partial charge >= 0.3 is 5.97 Å². The van der Waals surface area contributed by atoms with Crippen molar-refractivity contribution in [2.75, 3.05) is 7.11 Å². The van der Waals surface area contributed by atoms with Crippen LogP contribution in [0.3, 0.4) is 0 Å². The number of hydrogen-bond donors (Lipinski definition) is 1. The van der Waals surface area contributed by atoms with Crippen LogP contribution >= 0.6 is 0 Å². The molecule has 0 bridgehead atoms. The van der Waals surface area contributed by atoms with Gasteiger partial charge in [0, 0.05) is 6.04 Å². The average Bonchev–Trinajstić information content (AvgIpc) is 2.33. The van der Waals surface area contributed by atoms with Crippen LogP contribution in [0.1, 0.15) is 24.9 Å². The minimum absolute atomic E-state index is 0.376. The van der Waals surface area contributed by atoms with E-state index in [2.05, 4.69) is 4.74 Å². The lowest BCUT2D eigenvalue weighted by Crippen LogP contribution is -2.29. The van der Waals surface area contributed by atoms with Crippen LogP contribution < -0.4 is 5.73 Å². The minimum atomic E-state index is -0.974. The van der Waals surface area contributed by atoms with Crippen molar-refractivity contribution in [1.82, 2.24) is 0 Å². The van der Waals surface area contributed by atoms with E-state index >= 15 is 0 Å². The highest BCUT2D eigenvalue weighted by molar-refractivity contribution is 5.73. The molecule has 0 spiro atoms. The predicted molar refractivity (Wildman–Crippen MR) is 59.1 cm³/mol. The molecule has 3 nitrogen and oxygen atoms in total. The van der Waals surface area contributed by atoms with Crippen molar-refractivity contribution in [3.63, 3.8) is 0 Å². The largest absolute Gasteiger partial charge is 0.469 e. The average molecular weight is 243 g/mol. The maximum Gasteiger partial charge on any atom is 0.310 e. The zero-order valence-electron chi connectivity index (χ0n) is 9.74. The van der Waals surface area contributed by atoms with E-state index in [1.54, 1.807) is 6.92 Å². The number of rotatable bonds is 4. The van der Waals surface area contributed by atoms with Crippen LogP contribution in [0.15, 0.2) is 18.2 Å².